The number of urea groups is 1. The maximum absolute atomic E-state index is 12.5. The Hall–Kier alpha value is -3.93. The molecule has 156 valence electrons. The van der Waals surface area contributed by atoms with Gasteiger partial charge < -0.3 is 15.4 Å². The second-order valence-corrected chi connectivity index (χ2v) is 7.22. The summed E-state index contributed by atoms with van der Waals surface area (Å²) < 4.78 is 6.19. The van der Waals surface area contributed by atoms with Gasteiger partial charge in [0.15, 0.2) is 0 Å². The van der Waals surface area contributed by atoms with E-state index >= 15 is 0 Å². The number of aryl methyl sites for hydroxylation is 2. The minimum atomic E-state index is -0.301. The lowest BCUT2D eigenvalue weighted by Gasteiger charge is -2.16. The van der Waals surface area contributed by atoms with Crippen LogP contribution in [0.2, 0.25) is 0 Å². The van der Waals surface area contributed by atoms with E-state index < -0.39 is 0 Å². The Morgan fingerprint density at radius 3 is 2.68 bits per heavy atom. The molecule has 2 aromatic carbocycles. The number of pyridine rings is 2. The summed E-state index contributed by atoms with van der Waals surface area (Å²) in [6.45, 7) is 4.34. The molecule has 2 heterocycles. The zero-order valence-electron chi connectivity index (χ0n) is 17.6. The summed E-state index contributed by atoms with van der Waals surface area (Å²) in [6.07, 6.45) is 4.20. The van der Waals surface area contributed by atoms with Gasteiger partial charge in [0.1, 0.15) is 11.5 Å². The topological polar surface area (TPSA) is 76.1 Å². The van der Waals surface area contributed by atoms with E-state index in [1.165, 1.54) is 0 Å². The minimum absolute atomic E-state index is 0.301. The number of nitrogens with one attached hydrogen (secondary N) is 2. The first-order valence-electron chi connectivity index (χ1n) is 10.2. The maximum atomic E-state index is 12.5. The number of rotatable bonds is 6. The molecule has 0 saturated carbocycles. The van der Waals surface area contributed by atoms with Crippen molar-refractivity contribution in [1.29, 1.82) is 0 Å². The van der Waals surface area contributed by atoms with E-state index in [0.717, 1.165) is 45.6 Å². The van der Waals surface area contributed by atoms with Crippen LogP contribution in [0.15, 0.2) is 73.1 Å². The molecule has 2 N–H and O–H groups in total. The Morgan fingerprint density at radius 2 is 1.84 bits per heavy atom. The molecule has 4 aromatic rings. The average molecular weight is 412 g/mol. The van der Waals surface area contributed by atoms with Crippen molar-refractivity contribution in [2.45, 2.75) is 26.8 Å². The van der Waals surface area contributed by atoms with Crippen molar-refractivity contribution in [2.75, 3.05) is 5.32 Å². The third-order valence-electron chi connectivity index (χ3n) is 4.93. The predicted molar refractivity (Wildman–Crippen MR) is 122 cm³/mol. The van der Waals surface area contributed by atoms with Crippen molar-refractivity contribution < 1.29 is 9.53 Å². The number of para-hydroxylation sites is 2. The number of hydrogen-bond acceptors (Lipinski definition) is 4. The number of fused-ring (bicyclic) bond motifs is 1. The number of aromatic nitrogens is 2. The molecule has 0 fully saturated rings. The molecule has 6 heteroatoms. The monoisotopic (exact) mass is 412 g/mol. The van der Waals surface area contributed by atoms with Gasteiger partial charge in [-0.3, -0.25) is 9.97 Å². The second-order valence-electron chi connectivity index (χ2n) is 7.22. The van der Waals surface area contributed by atoms with E-state index in [2.05, 4.69) is 27.5 Å². The fourth-order valence-corrected chi connectivity index (χ4v) is 3.38. The Kier molecular flexibility index (Phi) is 6.08. The summed E-state index contributed by atoms with van der Waals surface area (Å²) in [5.74, 6) is 1.49. The minimum Gasteiger partial charge on any atom is -0.457 e. The van der Waals surface area contributed by atoms with Gasteiger partial charge in [-0.15, -0.1) is 0 Å². The molecule has 0 unspecified atom stereocenters. The quantitative estimate of drug-likeness (QED) is 0.431. The first-order valence-corrected chi connectivity index (χ1v) is 10.2. The normalized spacial score (nSPS) is 10.6. The van der Waals surface area contributed by atoms with Crippen molar-refractivity contribution in [3.05, 3.63) is 89.9 Å². The van der Waals surface area contributed by atoms with Gasteiger partial charge in [-0.1, -0.05) is 43.3 Å². The fourth-order valence-electron chi connectivity index (χ4n) is 3.38. The summed E-state index contributed by atoms with van der Waals surface area (Å²) in [5, 5.41) is 6.73. The molecule has 2 amide bonds. The molecule has 4 rings (SSSR count). The number of amides is 2. The van der Waals surface area contributed by atoms with Crippen molar-refractivity contribution >= 4 is 22.6 Å². The second kappa shape index (κ2) is 9.26. The lowest BCUT2D eigenvalue weighted by atomic mass is 10.1. The van der Waals surface area contributed by atoms with Gasteiger partial charge in [-0.2, -0.15) is 0 Å². The van der Waals surface area contributed by atoms with Crippen LogP contribution in [0, 0.1) is 6.92 Å². The molecule has 2 aromatic heterocycles. The summed E-state index contributed by atoms with van der Waals surface area (Å²) in [5.41, 5.74) is 4.39. The highest BCUT2D eigenvalue weighted by atomic mass is 16.5. The van der Waals surface area contributed by atoms with Gasteiger partial charge in [-0.05, 0) is 37.1 Å². The molecule has 0 aliphatic rings. The number of anilines is 1. The van der Waals surface area contributed by atoms with Crippen LogP contribution in [0.1, 0.15) is 23.7 Å². The molecule has 0 atom stereocenters. The molecule has 0 aliphatic heterocycles. The van der Waals surface area contributed by atoms with E-state index in [4.69, 9.17) is 4.74 Å². The van der Waals surface area contributed by atoms with Crippen molar-refractivity contribution in [3.8, 4) is 11.5 Å². The molecule has 0 spiro atoms. The highest BCUT2D eigenvalue weighted by Gasteiger charge is 2.12. The molecule has 0 aliphatic carbocycles. The van der Waals surface area contributed by atoms with Crippen LogP contribution < -0.4 is 15.4 Å². The molecule has 6 nitrogen and oxygen atoms in total. The van der Waals surface area contributed by atoms with Gasteiger partial charge in [0.25, 0.3) is 0 Å². The molecular formula is C25H24N4O2. The van der Waals surface area contributed by atoms with Crippen molar-refractivity contribution in [2.24, 2.45) is 0 Å². The molecule has 0 bridgehead atoms. The van der Waals surface area contributed by atoms with Crippen LogP contribution in [0.4, 0.5) is 10.5 Å². The molecule has 0 saturated heterocycles. The van der Waals surface area contributed by atoms with Crippen LogP contribution in [0.5, 0.6) is 11.5 Å². The highest BCUT2D eigenvalue weighted by molar-refractivity contribution is 5.92. The van der Waals surface area contributed by atoms with Crippen LogP contribution >= 0.6 is 0 Å². The van der Waals surface area contributed by atoms with Gasteiger partial charge >= 0.3 is 6.03 Å². The maximum Gasteiger partial charge on any atom is 0.319 e. The fraction of sp³-hybridized carbons (Fsp3) is 0.160. The van der Waals surface area contributed by atoms with E-state index in [1.54, 1.807) is 12.4 Å². The summed E-state index contributed by atoms with van der Waals surface area (Å²) in [7, 11) is 0. The Balaban J connectivity index is 1.47. The van der Waals surface area contributed by atoms with E-state index in [0.29, 0.717) is 12.2 Å². The first kappa shape index (κ1) is 20.3. The zero-order valence-corrected chi connectivity index (χ0v) is 17.6. The third kappa shape index (κ3) is 4.98. The van der Waals surface area contributed by atoms with Crippen molar-refractivity contribution in [1.82, 2.24) is 15.3 Å². The Morgan fingerprint density at radius 1 is 1.00 bits per heavy atom. The average Bonchev–Trinajstić information content (AvgIpc) is 2.78. The van der Waals surface area contributed by atoms with Gasteiger partial charge in [0.05, 0.1) is 17.4 Å². The number of benzene rings is 2. The molecule has 31 heavy (non-hydrogen) atoms. The number of nitrogens with zero attached hydrogens (tertiary/aromatic N) is 2. The van der Waals surface area contributed by atoms with E-state index in [1.807, 2.05) is 67.6 Å². The lowest BCUT2D eigenvalue weighted by molar-refractivity contribution is 0.251. The van der Waals surface area contributed by atoms with E-state index in [-0.39, 0.29) is 6.03 Å². The van der Waals surface area contributed by atoms with E-state index in [9.17, 15) is 4.79 Å². The molecule has 0 radical (unpaired) electrons. The Labute approximate surface area is 181 Å². The third-order valence-corrected chi connectivity index (χ3v) is 4.93. The van der Waals surface area contributed by atoms with Crippen LogP contribution in [0.3, 0.4) is 0 Å². The highest BCUT2D eigenvalue weighted by Crippen LogP contribution is 2.30. The summed E-state index contributed by atoms with van der Waals surface area (Å²) in [4.78, 5) is 21.1. The number of ether oxygens (including phenoxy) is 1. The smallest absolute Gasteiger partial charge is 0.319 e. The lowest BCUT2D eigenvalue weighted by Crippen LogP contribution is -2.28. The Bertz CT molecular complexity index is 1220. The summed E-state index contributed by atoms with van der Waals surface area (Å²) >= 11 is 0. The number of hydrogen-bond donors (Lipinski definition) is 2. The predicted octanol–water partition coefficient (Wildman–Crippen LogP) is 5.61. The van der Waals surface area contributed by atoms with Crippen LogP contribution in [-0.4, -0.2) is 16.0 Å². The van der Waals surface area contributed by atoms with Gasteiger partial charge in [0.2, 0.25) is 0 Å². The van der Waals surface area contributed by atoms with Crippen molar-refractivity contribution in [3.63, 3.8) is 0 Å². The largest absolute Gasteiger partial charge is 0.457 e. The number of carbonyl (C=O) groups is 1. The SMILES string of the molecule is CCc1cccc(CNC(=O)Nc2cnc3ccccc3c2)c1Oc1ccnc(C)c1. The first-order chi connectivity index (χ1) is 15.1. The van der Waals surface area contributed by atoms with Crippen LogP contribution in [-0.2, 0) is 13.0 Å². The number of carbonyl (C=O) groups excluding carboxylic acids is 1. The zero-order chi connectivity index (χ0) is 21.6. The van der Waals surface area contributed by atoms with Crippen LogP contribution in [0.25, 0.3) is 10.9 Å². The van der Waals surface area contributed by atoms with Gasteiger partial charge in [-0.25, -0.2) is 4.79 Å². The standard InChI is InChI=1S/C25H24N4O2/c1-3-18-8-6-9-20(24(18)31-22-11-12-26-17(2)13-22)15-28-25(30)29-21-14-19-7-4-5-10-23(19)27-16-21/h4-14,16H,3,15H2,1-2H3,(H2,28,29,30). The molecular weight excluding hydrogens is 388 g/mol. The van der Waals surface area contributed by atoms with Gasteiger partial charge in [0, 0.05) is 35.5 Å². The summed E-state index contributed by atoms with van der Waals surface area (Å²) in [6, 6.07) is 19.1.